The fraction of sp³-hybridized carbons (Fsp3) is 0.882. The first-order chi connectivity index (χ1) is 9.37. The van der Waals surface area contributed by atoms with Crippen LogP contribution >= 0.6 is 23.5 Å². The molecule has 4 heteroatoms. The van der Waals surface area contributed by atoms with Crippen molar-refractivity contribution in [3.63, 3.8) is 0 Å². The molecule has 0 fully saturated rings. The molecule has 2 nitrogen and oxygen atoms in total. The Morgan fingerprint density at radius 2 is 1.05 bits per heavy atom. The summed E-state index contributed by atoms with van der Waals surface area (Å²) in [5.41, 5.74) is 0. The van der Waals surface area contributed by atoms with E-state index in [4.69, 9.17) is 0 Å². The Bertz CT molecular complexity index is 337. The predicted octanol–water partition coefficient (Wildman–Crippen LogP) is 5.48. The van der Waals surface area contributed by atoms with Crippen LogP contribution in [0.25, 0.3) is 0 Å². The number of carbonyl (C=O) groups is 2. The van der Waals surface area contributed by atoms with Crippen LogP contribution in [-0.2, 0) is 9.59 Å². The second kappa shape index (κ2) is 8.05. The largest absolute Gasteiger partial charge is 0.300 e. The molecule has 0 aromatic heterocycles. The third kappa shape index (κ3) is 8.29. The third-order valence-electron chi connectivity index (χ3n) is 3.35. The lowest BCUT2D eigenvalue weighted by Crippen LogP contribution is -2.34. The van der Waals surface area contributed by atoms with Crippen molar-refractivity contribution < 1.29 is 9.59 Å². The standard InChI is InChI=1S/C17H32O2S2/c1-9-17(10-2,20-15(5,6)11-13(3)18)21-16(7,8)12-14(4)19/h9-12H2,1-8H3. The number of carbonyl (C=O) groups excluding carboxylic acids is 2. The maximum absolute atomic E-state index is 11.5. The van der Waals surface area contributed by atoms with Crippen LogP contribution in [-0.4, -0.2) is 25.1 Å². The van der Waals surface area contributed by atoms with Gasteiger partial charge in [-0.1, -0.05) is 41.5 Å². The van der Waals surface area contributed by atoms with Crippen molar-refractivity contribution in [2.45, 2.75) is 94.6 Å². The van der Waals surface area contributed by atoms with Crippen LogP contribution in [0.1, 0.15) is 81.1 Å². The molecule has 0 unspecified atom stereocenters. The third-order valence-corrected chi connectivity index (χ3v) is 7.14. The monoisotopic (exact) mass is 332 g/mol. The van der Waals surface area contributed by atoms with E-state index in [0.29, 0.717) is 12.8 Å². The van der Waals surface area contributed by atoms with E-state index in [0.717, 1.165) is 12.8 Å². The first kappa shape index (κ1) is 21.0. The van der Waals surface area contributed by atoms with Gasteiger partial charge in [-0.25, -0.2) is 0 Å². The van der Waals surface area contributed by atoms with Crippen molar-refractivity contribution in [1.29, 1.82) is 0 Å². The van der Waals surface area contributed by atoms with E-state index in [2.05, 4.69) is 41.5 Å². The summed E-state index contributed by atoms with van der Waals surface area (Å²) in [6.07, 6.45) is 3.24. The van der Waals surface area contributed by atoms with Gasteiger partial charge in [-0.3, -0.25) is 9.59 Å². The molecule has 21 heavy (non-hydrogen) atoms. The van der Waals surface area contributed by atoms with Gasteiger partial charge in [0.15, 0.2) is 0 Å². The Kier molecular flexibility index (Phi) is 8.07. The SMILES string of the molecule is CCC(CC)(SC(C)(C)CC(C)=O)SC(C)(C)CC(C)=O. The summed E-state index contributed by atoms with van der Waals surface area (Å²) in [5.74, 6) is 0.475. The van der Waals surface area contributed by atoms with E-state index in [-0.39, 0.29) is 25.1 Å². The molecular weight excluding hydrogens is 300 g/mol. The van der Waals surface area contributed by atoms with Crippen molar-refractivity contribution in [1.82, 2.24) is 0 Å². The fourth-order valence-corrected chi connectivity index (χ4v) is 7.50. The summed E-state index contributed by atoms with van der Waals surface area (Å²) in [4.78, 5) is 23.0. The lowest BCUT2D eigenvalue weighted by atomic mass is 10.1. The molecule has 124 valence electrons. The molecule has 0 aliphatic carbocycles. The normalized spacial score (nSPS) is 13.3. The Morgan fingerprint density at radius 1 is 0.762 bits per heavy atom. The van der Waals surface area contributed by atoms with E-state index in [1.165, 1.54) is 0 Å². The summed E-state index contributed by atoms with van der Waals surface area (Å²) >= 11 is 3.82. The molecule has 0 amide bonds. The Hall–Kier alpha value is 0.0400. The smallest absolute Gasteiger partial charge is 0.131 e. The van der Waals surface area contributed by atoms with Gasteiger partial charge in [-0.2, -0.15) is 0 Å². The van der Waals surface area contributed by atoms with Crippen LogP contribution in [0, 0.1) is 0 Å². The summed E-state index contributed by atoms with van der Waals surface area (Å²) in [5, 5.41) is 0. The highest BCUT2D eigenvalue weighted by Crippen LogP contribution is 2.54. The minimum absolute atomic E-state index is 0.0535. The van der Waals surface area contributed by atoms with E-state index < -0.39 is 0 Å². The van der Waals surface area contributed by atoms with Crippen molar-refractivity contribution >= 4 is 35.1 Å². The fourth-order valence-electron chi connectivity index (χ4n) is 2.84. The molecule has 0 atom stereocenters. The van der Waals surface area contributed by atoms with E-state index >= 15 is 0 Å². The molecule has 0 heterocycles. The van der Waals surface area contributed by atoms with Crippen LogP contribution in [0.15, 0.2) is 0 Å². The van der Waals surface area contributed by atoms with Gasteiger partial charge in [0.1, 0.15) is 11.6 Å². The highest BCUT2D eigenvalue weighted by atomic mass is 32.2. The summed E-state index contributed by atoms with van der Waals surface area (Å²) < 4.78 is -0.0911. The molecule has 0 saturated carbocycles. The number of Topliss-reactive ketones (excluding diaryl/α,β-unsaturated/α-hetero) is 2. The molecule has 0 aromatic carbocycles. The average molecular weight is 333 g/mol. The molecule has 0 bridgehead atoms. The molecule has 0 N–H and O–H groups in total. The molecule has 0 aliphatic heterocycles. The summed E-state index contributed by atoms with van der Waals surface area (Å²) in [6.45, 7) is 16.3. The molecule has 0 aromatic rings. The maximum atomic E-state index is 11.5. The van der Waals surface area contributed by atoms with Gasteiger partial charge in [0.2, 0.25) is 0 Å². The molecule has 0 saturated heterocycles. The van der Waals surface area contributed by atoms with Crippen molar-refractivity contribution in [2.24, 2.45) is 0 Å². The van der Waals surface area contributed by atoms with Crippen LogP contribution in [0.2, 0.25) is 0 Å². The van der Waals surface area contributed by atoms with Gasteiger partial charge in [0.05, 0.1) is 4.08 Å². The number of hydrogen-bond donors (Lipinski definition) is 0. The maximum Gasteiger partial charge on any atom is 0.131 e. The van der Waals surface area contributed by atoms with Gasteiger partial charge in [-0.05, 0) is 26.7 Å². The molecular formula is C17H32O2S2. The van der Waals surface area contributed by atoms with Crippen LogP contribution in [0.3, 0.4) is 0 Å². The first-order valence-electron chi connectivity index (χ1n) is 7.76. The number of rotatable bonds is 10. The van der Waals surface area contributed by atoms with Crippen LogP contribution in [0.4, 0.5) is 0 Å². The second-order valence-corrected chi connectivity index (χ2v) is 11.5. The van der Waals surface area contributed by atoms with Crippen LogP contribution in [0.5, 0.6) is 0 Å². The average Bonchev–Trinajstić information content (AvgIpc) is 2.23. The number of hydrogen-bond acceptors (Lipinski definition) is 4. The summed E-state index contributed by atoms with van der Waals surface area (Å²) in [7, 11) is 0. The van der Waals surface area contributed by atoms with Crippen molar-refractivity contribution in [3.05, 3.63) is 0 Å². The van der Waals surface area contributed by atoms with Crippen molar-refractivity contribution in [3.8, 4) is 0 Å². The molecule has 0 rings (SSSR count). The van der Waals surface area contributed by atoms with Crippen molar-refractivity contribution in [2.75, 3.05) is 0 Å². The van der Waals surface area contributed by atoms with Gasteiger partial charge in [0, 0.05) is 22.3 Å². The zero-order valence-electron chi connectivity index (χ0n) is 15.0. The zero-order chi connectivity index (χ0) is 16.9. The van der Waals surface area contributed by atoms with Gasteiger partial charge >= 0.3 is 0 Å². The quantitative estimate of drug-likeness (QED) is 0.496. The Labute approximate surface area is 139 Å². The van der Waals surface area contributed by atoms with E-state index in [1.807, 2.05) is 23.5 Å². The highest BCUT2D eigenvalue weighted by molar-refractivity contribution is 8.19. The van der Waals surface area contributed by atoms with Crippen LogP contribution < -0.4 is 0 Å². The Balaban J connectivity index is 5.16. The molecule has 0 radical (unpaired) electrons. The Morgan fingerprint density at radius 3 is 1.24 bits per heavy atom. The van der Waals surface area contributed by atoms with Gasteiger partial charge < -0.3 is 0 Å². The second-order valence-electron chi connectivity index (χ2n) is 7.10. The van der Waals surface area contributed by atoms with E-state index in [9.17, 15) is 9.59 Å². The highest BCUT2D eigenvalue weighted by Gasteiger charge is 2.40. The molecule has 0 spiro atoms. The van der Waals surface area contributed by atoms with E-state index in [1.54, 1.807) is 13.8 Å². The molecule has 0 aliphatic rings. The van der Waals surface area contributed by atoms with Gasteiger partial charge in [-0.15, -0.1) is 23.5 Å². The lowest BCUT2D eigenvalue weighted by Gasteiger charge is -2.42. The lowest BCUT2D eigenvalue weighted by molar-refractivity contribution is -0.118. The number of thioether (sulfide) groups is 2. The topological polar surface area (TPSA) is 34.1 Å². The predicted molar refractivity (Wildman–Crippen MR) is 97.2 cm³/mol. The first-order valence-corrected chi connectivity index (χ1v) is 9.39. The number of ketones is 2. The minimum Gasteiger partial charge on any atom is -0.300 e. The minimum atomic E-state index is -0.0723. The zero-order valence-corrected chi connectivity index (χ0v) is 16.6. The summed E-state index contributed by atoms with van der Waals surface area (Å²) in [6, 6.07) is 0. The van der Waals surface area contributed by atoms with Gasteiger partial charge in [0.25, 0.3) is 0 Å².